The molecular weight excluding hydrogens is 292 g/mol. The molecule has 6 nitrogen and oxygen atoms in total. The third-order valence-electron chi connectivity index (χ3n) is 2.97. The molecule has 21 heavy (non-hydrogen) atoms. The standard InChI is InChI=1S/C14H20N2O4S/c1-16(10-13(17)11-20-2)7-8-21(18,19)14-5-3-12(9-15)4-6-14/h3-6,13,17H,7-8,10-11H2,1-2H3. The molecule has 0 spiro atoms. The van der Waals surface area contributed by atoms with Crippen LogP contribution in [-0.2, 0) is 14.6 Å². The van der Waals surface area contributed by atoms with Gasteiger partial charge in [0.25, 0.3) is 0 Å². The van der Waals surface area contributed by atoms with Crippen molar-refractivity contribution in [1.82, 2.24) is 4.90 Å². The van der Waals surface area contributed by atoms with E-state index in [2.05, 4.69) is 0 Å². The van der Waals surface area contributed by atoms with Gasteiger partial charge >= 0.3 is 0 Å². The molecule has 0 aliphatic rings. The average Bonchev–Trinajstić information content (AvgIpc) is 2.45. The molecule has 116 valence electrons. The molecular formula is C14H20N2O4S. The Morgan fingerprint density at radius 3 is 2.52 bits per heavy atom. The first kappa shape index (κ1) is 17.6. The van der Waals surface area contributed by atoms with Crippen LogP contribution in [0.5, 0.6) is 0 Å². The highest BCUT2D eigenvalue weighted by Gasteiger charge is 2.16. The third kappa shape index (κ3) is 5.81. The zero-order valence-corrected chi connectivity index (χ0v) is 13.0. The normalized spacial score (nSPS) is 13.1. The molecule has 1 aromatic carbocycles. The molecule has 0 amide bonds. The lowest BCUT2D eigenvalue weighted by Gasteiger charge is -2.19. The van der Waals surface area contributed by atoms with Crippen molar-refractivity contribution in [2.75, 3.05) is 39.6 Å². The second-order valence-corrected chi connectivity index (χ2v) is 6.94. The van der Waals surface area contributed by atoms with Crippen LogP contribution in [0.4, 0.5) is 0 Å². The van der Waals surface area contributed by atoms with Crippen molar-refractivity contribution in [3.63, 3.8) is 0 Å². The lowest BCUT2D eigenvalue weighted by molar-refractivity contribution is 0.0444. The number of nitriles is 1. The summed E-state index contributed by atoms with van der Waals surface area (Å²) in [4.78, 5) is 1.94. The van der Waals surface area contributed by atoms with E-state index in [0.29, 0.717) is 18.7 Å². The van der Waals surface area contributed by atoms with Crippen LogP contribution in [0.1, 0.15) is 5.56 Å². The molecule has 1 atom stereocenters. The number of likely N-dealkylation sites (N-methyl/N-ethyl adjacent to an activating group) is 1. The van der Waals surface area contributed by atoms with Crippen molar-refractivity contribution in [2.24, 2.45) is 0 Å². The van der Waals surface area contributed by atoms with Gasteiger partial charge in [0.05, 0.1) is 35.0 Å². The summed E-state index contributed by atoms with van der Waals surface area (Å²) in [6, 6.07) is 7.79. The lowest BCUT2D eigenvalue weighted by Crippen LogP contribution is -2.34. The van der Waals surface area contributed by atoms with Crippen LogP contribution in [0.25, 0.3) is 0 Å². The maximum Gasteiger partial charge on any atom is 0.179 e. The zero-order valence-electron chi connectivity index (χ0n) is 12.2. The minimum absolute atomic E-state index is 0.0465. The van der Waals surface area contributed by atoms with Gasteiger partial charge in [-0.15, -0.1) is 0 Å². The molecule has 0 aliphatic carbocycles. The SMILES string of the molecule is COCC(O)CN(C)CCS(=O)(=O)c1ccc(C#N)cc1. The van der Waals surface area contributed by atoms with E-state index in [1.165, 1.54) is 31.4 Å². The number of hydrogen-bond acceptors (Lipinski definition) is 6. The van der Waals surface area contributed by atoms with Crippen LogP contribution in [0.15, 0.2) is 29.2 Å². The number of aliphatic hydroxyl groups excluding tert-OH is 1. The fourth-order valence-electron chi connectivity index (χ4n) is 1.83. The topological polar surface area (TPSA) is 90.6 Å². The predicted octanol–water partition coefficient (Wildman–Crippen LogP) is 0.271. The van der Waals surface area contributed by atoms with Gasteiger partial charge in [0.2, 0.25) is 0 Å². The second-order valence-electron chi connectivity index (χ2n) is 4.83. The van der Waals surface area contributed by atoms with E-state index in [-0.39, 0.29) is 17.3 Å². The Bertz CT molecular complexity index is 578. The van der Waals surface area contributed by atoms with E-state index >= 15 is 0 Å². The van der Waals surface area contributed by atoms with Gasteiger partial charge < -0.3 is 14.7 Å². The van der Waals surface area contributed by atoms with E-state index in [1.54, 1.807) is 11.9 Å². The third-order valence-corrected chi connectivity index (χ3v) is 4.68. The molecule has 1 aromatic rings. The minimum Gasteiger partial charge on any atom is -0.389 e. The number of nitrogens with zero attached hydrogens (tertiary/aromatic N) is 2. The van der Waals surface area contributed by atoms with Gasteiger partial charge in [-0.1, -0.05) is 0 Å². The van der Waals surface area contributed by atoms with Crippen LogP contribution < -0.4 is 0 Å². The Hall–Kier alpha value is -1.46. The molecule has 0 aliphatic heterocycles. The Kier molecular flexibility index (Phi) is 6.78. The summed E-state index contributed by atoms with van der Waals surface area (Å²) in [6.45, 7) is 0.868. The Morgan fingerprint density at radius 2 is 2.00 bits per heavy atom. The van der Waals surface area contributed by atoms with Gasteiger partial charge in [0, 0.05) is 20.2 Å². The molecule has 0 fully saturated rings. The smallest absolute Gasteiger partial charge is 0.179 e. The van der Waals surface area contributed by atoms with Crippen molar-refractivity contribution in [3.8, 4) is 6.07 Å². The van der Waals surface area contributed by atoms with Crippen molar-refractivity contribution >= 4 is 9.84 Å². The number of rotatable bonds is 8. The van der Waals surface area contributed by atoms with E-state index in [1.807, 2.05) is 6.07 Å². The van der Waals surface area contributed by atoms with E-state index in [0.717, 1.165) is 0 Å². The fourth-order valence-corrected chi connectivity index (χ4v) is 3.17. The molecule has 1 N–H and O–H groups in total. The highest BCUT2D eigenvalue weighted by atomic mass is 32.2. The van der Waals surface area contributed by atoms with Crippen molar-refractivity contribution in [3.05, 3.63) is 29.8 Å². The van der Waals surface area contributed by atoms with Gasteiger partial charge in [0.15, 0.2) is 9.84 Å². The van der Waals surface area contributed by atoms with Gasteiger partial charge in [-0.3, -0.25) is 0 Å². The summed E-state index contributed by atoms with van der Waals surface area (Å²) in [5.74, 6) is -0.0465. The van der Waals surface area contributed by atoms with Crippen molar-refractivity contribution < 1.29 is 18.3 Å². The van der Waals surface area contributed by atoms with Gasteiger partial charge in [-0.2, -0.15) is 5.26 Å². The predicted molar refractivity (Wildman–Crippen MR) is 78.6 cm³/mol. The molecule has 0 bridgehead atoms. The molecule has 0 saturated carbocycles. The number of sulfone groups is 1. The van der Waals surface area contributed by atoms with Crippen LogP contribution in [0.2, 0.25) is 0 Å². The Labute approximate surface area is 125 Å². The summed E-state index contributed by atoms with van der Waals surface area (Å²) in [6.07, 6.45) is -0.641. The maximum absolute atomic E-state index is 12.2. The molecule has 1 rings (SSSR count). The van der Waals surface area contributed by atoms with Crippen LogP contribution >= 0.6 is 0 Å². The van der Waals surface area contributed by atoms with E-state index in [4.69, 9.17) is 10.00 Å². The van der Waals surface area contributed by atoms with Crippen molar-refractivity contribution in [2.45, 2.75) is 11.0 Å². The van der Waals surface area contributed by atoms with Crippen LogP contribution in [-0.4, -0.2) is 64.1 Å². The lowest BCUT2D eigenvalue weighted by atomic mass is 10.2. The summed E-state index contributed by atoms with van der Waals surface area (Å²) < 4.78 is 29.1. The number of benzene rings is 1. The van der Waals surface area contributed by atoms with E-state index < -0.39 is 15.9 Å². The number of methoxy groups -OCH3 is 1. The monoisotopic (exact) mass is 312 g/mol. The maximum atomic E-state index is 12.2. The Morgan fingerprint density at radius 1 is 1.38 bits per heavy atom. The molecule has 0 heterocycles. The van der Waals surface area contributed by atoms with Crippen LogP contribution in [0.3, 0.4) is 0 Å². The van der Waals surface area contributed by atoms with Crippen molar-refractivity contribution in [1.29, 1.82) is 5.26 Å². The van der Waals surface area contributed by atoms with Gasteiger partial charge in [-0.05, 0) is 31.3 Å². The second kappa shape index (κ2) is 8.10. The minimum atomic E-state index is -3.39. The summed E-state index contributed by atoms with van der Waals surface area (Å²) in [5, 5.41) is 18.3. The first-order chi connectivity index (χ1) is 9.89. The first-order valence-corrected chi connectivity index (χ1v) is 8.12. The van der Waals surface area contributed by atoms with Crippen LogP contribution in [0, 0.1) is 11.3 Å². The molecule has 0 radical (unpaired) electrons. The molecule has 7 heteroatoms. The van der Waals surface area contributed by atoms with Gasteiger partial charge in [-0.25, -0.2) is 8.42 Å². The fraction of sp³-hybridized carbons (Fsp3) is 0.500. The first-order valence-electron chi connectivity index (χ1n) is 6.47. The highest BCUT2D eigenvalue weighted by Crippen LogP contribution is 2.12. The number of ether oxygens (including phenoxy) is 1. The molecule has 1 unspecified atom stereocenters. The largest absolute Gasteiger partial charge is 0.389 e. The Balaban J connectivity index is 2.58. The van der Waals surface area contributed by atoms with E-state index in [9.17, 15) is 13.5 Å². The molecule has 0 aromatic heterocycles. The highest BCUT2D eigenvalue weighted by molar-refractivity contribution is 7.91. The molecule has 0 saturated heterocycles. The summed E-state index contributed by atoms with van der Waals surface area (Å²) in [5.41, 5.74) is 0.425. The van der Waals surface area contributed by atoms with Gasteiger partial charge in [0.1, 0.15) is 0 Å². The summed E-state index contributed by atoms with van der Waals surface area (Å²) >= 11 is 0. The average molecular weight is 312 g/mol. The number of hydrogen-bond donors (Lipinski definition) is 1. The number of aliphatic hydroxyl groups is 1. The zero-order chi connectivity index (χ0) is 15.9. The summed E-state index contributed by atoms with van der Waals surface area (Å²) in [7, 11) is -0.151. The quantitative estimate of drug-likeness (QED) is 0.741.